The third kappa shape index (κ3) is 3.83. The van der Waals surface area contributed by atoms with Crippen molar-refractivity contribution in [2.24, 2.45) is 17.6 Å². The Morgan fingerprint density at radius 3 is 2.85 bits per heavy atom. The Labute approximate surface area is 121 Å². The van der Waals surface area contributed by atoms with Gasteiger partial charge in [-0.15, -0.1) is 0 Å². The molecule has 3 heteroatoms. The van der Waals surface area contributed by atoms with Gasteiger partial charge in [0.1, 0.15) is 0 Å². The maximum atomic E-state index is 12.3. The van der Waals surface area contributed by atoms with Crippen LogP contribution >= 0.6 is 0 Å². The van der Waals surface area contributed by atoms with Crippen molar-refractivity contribution < 1.29 is 4.79 Å². The molecule has 2 atom stereocenters. The van der Waals surface area contributed by atoms with Crippen LogP contribution in [0.25, 0.3) is 0 Å². The molecule has 110 valence electrons. The summed E-state index contributed by atoms with van der Waals surface area (Å²) < 4.78 is 0. The molecule has 2 unspecified atom stereocenters. The van der Waals surface area contributed by atoms with Crippen molar-refractivity contribution >= 4 is 5.91 Å². The molecule has 3 nitrogen and oxygen atoms in total. The van der Waals surface area contributed by atoms with E-state index in [2.05, 4.69) is 36.5 Å². The van der Waals surface area contributed by atoms with E-state index >= 15 is 0 Å². The third-order valence-electron chi connectivity index (χ3n) is 4.43. The van der Waals surface area contributed by atoms with Gasteiger partial charge >= 0.3 is 0 Å². The lowest BCUT2D eigenvalue weighted by Gasteiger charge is -2.24. The zero-order valence-corrected chi connectivity index (χ0v) is 12.4. The highest BCUT2D eigenvalue weighted by atomic mass is 16.1. The summed E-state index contributed by atoms with van der Waals surface area (Å²) in [6, 6.07) is 8.47. The number of benzene rings is 1. The maximum Gasteiger partial charge on any atom is 0.223 e. The highest BCUT2D eigenvalue weighted by molar-refractivity contribution is 5.79. The molecule has 0 aliphatic heterocycles. The Kier molecular flexibility index (Phi) is 5.60. The van der Waals surface area contributed by atoms with Crippen LogP contribution in [-0.4, -0.2) is 19.0 Å². The smallest absolute Gasteiger partial charge is 0.223 e. The summed E-state index contributed by atoms with van der Waals surface area (Å²) in [5.41, 5.74) is 8.34. The number of nitrogens with one attached hydrogen (secondary N) is 1. The first kappa shape index (κ1) is 15.0. The van der Waals surface area contributed by atoms with E-state index in [1.54, 1.807) is 0 Å². The van der Waals surface area contributed by atoms with Crippen LogP contribution in [0, 0.1) is 11.8 Å². The van der Waals surface area contributed by atoms with Gasteiger partial charge < -0.3 is 11.1 Å². The number of amides is 1. The largest absolute Gasteiger partial charge is 0.356 e. The standard InChI is InChI=1S/C17H26N2O/c1-2-13(9-10-18)12-19-17(20)16-8-7-14-5-3-4-6-15(14)11-16/h3-6,13,16H,2,7-12,18H2,1H3,(H,19,20). The topological polar surface area (TPSA) is 55.1 Å². The highest BCUT2D eigenvalue weighted by Crippen LogP contribution is 2.25. The van der Waals surface area contributed by atoms with Crippen LogP contribution in [0.4, 0.5) is 0 Å². The zero-order valence-electron chi connectivity index (χ0n) is 12.4. The predicted octanol–water partition coefficient (Wildman–Crippen LogP) is 2.28. The molecule has 0 aromatic heterocycles. The van der Waals surface area contributed by atoms with Gasteiger partial charge in [-0.3, -0.25) is 4.79 Å². The summed E-state index contributed by atoms with van der Waals surface area (Å²) in [6.45, 7) is 3.62. The fourth-order valence-corrected chi connectivity index (χ4v) is 3.00. The van der Waals surface area contributed by atoms with Gasteiger partial charge in [0.25, 0.3) is 0 Å². The van der Waals surface area contributed by atoms with Crippen LogP contribution in [-0.2, 0) is 17.6 Å². The van der Waals surface area contributed by atoms with E-state index in [0.717, 1.165) is 38.6 Å². The van der Waals surface area contributed by atoms with Gasteiger partial charge in [0.2, 0.25) is 5.91 Å². The fourth-order valence-electron chi connectivity index (χ4n) is 3.00. The molecule has 1 aliphatic rings. The molecule has 2 rings (SSSR count). The van der Waals surface area contributed by atoms with Crippen LogP contribution in [0.1, 0.15) is 37.3 Å². The van der Waals surface area contributed by atoms with Crippen molar-refractivity contribution in [2.45, 2.75) is 39.0 Å². The molecule has 0 spiro atoms. The van der Waals surface area contributed by atoms with E-state index in [1.807, 2.05) is 0 Å². The number of fused-ring (bicyclic) bond motifs is 1. The molecule has 0 heterocycles. The molecule has 1 aromatic carbocycles. The quantitative estimate of drug-likeness (QED) is 0.836. The van der Waals surface area contributed by atoms with Crippen molar-refractivity contribution in [3.63, 3.8) is 0 Å². The van der Waals surface area contributed by atoms with Gasteiger partial charge in [-0.2, -0.15) is 0 Å². The molecule has 20 heavy (non-hydrogen) atoms. The first-order valence-corrected chi connectivity index (χ1v) is 7.79. The first-order chi connectivity index (χ1) is 9.74. The predicted molar refractivity (Wildman–Crippen MR) is 82.4 cm³/mol. The van der Waals surface area contributed by atoms with Crippen LogP contribution in [0.2, 0.25) is 0 Å². The van der Waals surface area contributed by atoms with E-state index in [0.29, 0.717) is 12.5 Å². The van der Waals surface area contributed by atoms with Gasteiger partial charge in [0.15, 0.2) is 0 Å². The summed E-state index contributed by atoms with van der Waals surface area (Å²) in [4.78, 5) is 12.3. The first-order valence-electron chi connectivity index (χ1n) is 7.79. The lowest BCUT2D eigenvalue weighted by atomic mass is 9.83. The number of hydrogen-bond acceptors (Lipinski definition) is 2. The average Bonchev–Trinajstić information content (AvgIpc) is 2.50. The Morgan fingerprint density at radius 2 is 2.15 bits per heavy atom. The van der Waals surface area contributed by atoms with Crippen molar-refractivity contribution in [1.82, 2.24) is 5.32 Å². The summed E-state index contributed by atoms with van der Waals surface area (Å²) in [5.74, 6) is 0.870. The van der Waals surface area contributed by atoms with E-state index < -0.39 is 0 Å². The monoisotopic (exact) mass is 274 g/mol. The highest BCUT2D eigenvalue weighted by Gasteiger charge is 2.24. The molecular formula is C17H26N2O. The Balaban J connectivity index is 1.85. The molecule has 1 aromatic rings. The van der Waals surface area contributed by atoms with Crippen LogP contribution in [0.15, 0.2) is 24.3 Å². The number of carbonyl (C=O) groups excluding carboxylic acids is 1. The van der Waals surface area contributed by atoms with Gasteiger partial charge in [-0.25, -0.2) is 0 Å². The molecule has 3 N–H and O–H groups in total. The Hall–Kier alpha value is -1.35. The SMILES string of the molecule is CCC(CCN)CNC(=O)C1CCc2ccccc2C1. The van der Waals surface area contributed by atoms with Gasteiger partial charge in [-0.05, 0) is 49.3 Å². The van der Waals surface area contributed by atoms with Gasteiger partial charge in [0.05, 0.1) is 0 Å². The summed E-state index contributed by atoms with van der Waals surface area (Å²) in [7, 11) is 0. The van der Waals surface area contributed by atoms with Gasteiger partial charge in [0, 0.05) is 12.5 Å². The lowest BCUT2D eigenvalue weighted by molar-refractivity contribution is -0.125. The van der Waals surface area contributed by atoms with Crippen LogP contribution in [0.3, 0.4) is 0 Å². The molecular weight excluding hydrogens is 248 g/mol. The zero-order chi connectivity index (χ0) is 14.4. The second-order valence-corrected chi connectivity index (χ2v) is 5.81. The third-order valence-corrected chi connectivity index (χ3v) is 4.43. The summed E-state index contributed by atoms with van der Waals surface area (Å²) in [6.07, 6.45) is 4.94. The molecule has 0 radical (unpaired) electrons. The molecule has 0 fully saturated rings. The van der Waals surface area contributed by atoms with Crippen LogP contribution < -0.4 is 11.1 Å². The number of aryl methyl sites for hydroxylation is 1. The van der Waals surface area contributed by atoms with Crippen molar-refractivity contribution in [1.29, 1.82) is 0 Å². The number of carbonyl (C=O) groups is 1. The maximum absolute atomic E-state index is 12.3. The van der Waals surface area contributed by atoms with Crippen molar-refractivity contribution in [3.05, 3.63) is 35.4 Å². The second-order valence-electron chi connectivity index (χ2n) is 5.81. The van der Waals surface area contributed by atoms with E-state index in [-0.39, 0.29) is 11.8 Å². The minimum Gasteiger partial charge on any atom is -0.356 e. The minimum atomic E-state index is 0.139. The Morgan fingerprint density at radius 1 is 1.40 bits per heavy atom. The van der Waals surface area contributed by atoms with Crippen molar-refractivity contribution in [2.75, 3.05) is 13.1 Å². The number of hydrogen-bond donors (Lipinski definition) is 2. The summed E-state index contributed by atoms with van der Waals surface area (Å²) in [5, 5.41) is 3.12. The number of nitrogens with two attached hydrogens (primary N) is 1. The summed E-state index contributed by atoms with van der Waals surface area (Å²) >= 11 is 0. The lowest BCUT2D eigenvalue weighted by Crippen LogP contribution is -2.37. The molecule has 1 amide bonds. The molecule has 0 saturated heterocycles. The van der Waals surface area contributed by atoms with Crippen LogP contribution in [0.5, 0.6) is 0 Å². The Bertz CT molecular complexity index is 444. The van der Waals surface area contributed by atoms with E-state index in [9.17, 15) is 4.79 Å². The fraction of sp³-hybridized carbons (Fsp3) is 0.588. The molecule has 1 aliphatic carbocycles. The van der Waals surface area contributed by atoms with E-state index in [4.69, 9.17) is 5.73 Å². The molecule has 0 saturated carbocycles. The van der Waals surface area contributed by atoms with E-state index in [1.165, 1.54) is 11.1 Å². The van der Waals surface area contributed by atoms with Gasteiger partial charge in [-0.1, -0.05) is 37.6 Å². The molecule has 0 bridgehead atoms. The normalized spacial score (nSPS) is 19.2. The average molecular weight is 274 g/mol. The van der Waals surface area contributed by atoms with Crippen molar-refractivity contribution in [3.8, 4) is 0 Å². The second kappa shape index (κ2) is 7.44. The number of rotatable bonds is 6. The minimum absolute atomic E-state index is 0.139.